The fraction of sp³-hybridized carbons (Fsp3) is 0.194. The third-order valence-corrected chi connectivity index (χ3v) is 7.11. The molecule has 0 fully saturated rings. The highest BCUT2D eigenvalue weighted by atomic mass is 35.5. The Hall–Kier alpha value is -4.16. The molecule has 0 aliphatic heterocycles. The zero-order valence-electron chi connectivity index (χ0n) is 21.4. The Labute approximate surface area is 225 Å². The van der Waals surface area contributed by atoms with Crippen LogP contribution in [0.2, 0.25) is 5.02 Å². The summed E-state index contributed by atoms with van der Waals surface area (Å²) in [7, 11) is 1.85. The van der Waals surface area contributed by atoms with Crippen LogP contribution in [-0.4, -0.2) is 26.4 Å². The van der Waals surface area contributed by atoms with Crippen molar-refractivity contribution in [3.8, 4) is 5.75 Å². The maximum absolute atomic E-state index is 13.7. The molecule has 0 spiro atoms. The van der Waals surface area contributed by atoms with Crippen LogP contribution in [0.1, 0.15) is 41.2 Å². The molecule has 0 saturated carbocycles. The molecule has 0 unspecified atom stereocenters. The van der Waals surface area contributed by atoms with Crippen LogP contribution in [0.5, 0.6) is 5.75 Å². The van der Waals surface area contributed by atoms with Gasteiger partial charge in [0.2, 0.25) is 0 Å². The van der Waals surface area contributed by atoms with E-state index >= 15 is 0 Å². The van der Waals surface area contributed by atoms with Crippen molar-refractivity contribution in [3.63, 3.8) is 0 Å². The number of carbonyl (C=O) groups is 2. The molecule has 2 heterocycles. The first-order valence-corrected chi connectivity index (χ1v) is 12.6. The van der Waals surface area contributed by atoms with E-state index in [1.807, 2.05) is 66.2 Å². The molecular weight excluding hydrogens is 500 g/mol. The molecule has 38 heavy (non-hydrogen) atoms. The highest BCUT2D eigenvalue weighted by Gasteiger charge is 2.32. The van der Waals surface area contributed by atoms with Crippen LogP contribution >= 0.6 is 11.6 Å². The number of rotatable bonds is 8. The fourth-order valence-electron chi connectivity index (χ4n) is 4.60. The largest absolute Gasteiger partial charge is 0.487 e. The number of hydrogen-bond acceptors (Lipinski definition) is 4. The lowest BCUT2D eigenvalue weighted by Gasteiger charge is -2.20. The van der Waals surface area contributed by atoms with Gasteiger partial charge in [0.05, 0.1) is 27.7 Å². The summed E-state index contributed by atoms with van der Waals surface area (Å²) < 4.78 is 7.97. The number of ketones is 1. The normalized spacial score (nSPS) is 11.7. The summed E-state index contributed by atoms with van der Waals surface area (Å²) in [6.45, 7) is 3.61. The number of nitrogens with zero attached hydrogens (tertiary/aromatic N) is 2. The molecule has 0 saturated heterocycles. The zero-order valence-corrected chi connectivity index (χ0v) is 22.1. The van der Waals surface area contributed by atoms with Crippen LogP contribution in [0.4, 0.5) is 0 Å². The summed E-state index contributed by atoms with van der Waals surface area (Å²) in [5, 5.41) is 12.1. The van der Waals surface area contributed by atoms with E-state index in [4.69, 9.17) is 16.3 Å². The molecule has 3 aromatic carbocycles. The van der Waals surface area contributed by atoms with Crippen molar-refractivity contribution in [2.75, 3.05) is 0 Å². The number of pyridine rings is 1. The molecular formula is C31H27ClN2O4. The van der Waals surface area contributed by atoms with Crippen molar-refractivity contribution in [1.82, 2.24) is 9.55 Å². The van der Waals surface area contributed by atoms with E-state index < -0.39 is 11.4 Å². The minimum atomic E-state index is -1.07. The van der Waals surface area contributed by atoms with Gasteiger partial charge in [0.1, 0.15) is 12.4 Å². The summed E-state index contributed by atoms with van der Waals surface area (Å²) in [4.78, 5) is 30.4. The second kappa shape index (κ2) is 9.95. The number of aromatic nitrogens is 2. The average molecular weight is 527 g/mol. The first-order valence-electron chi connectivity index (χ1n) is 12.3. The molecule has 0 bridgehead atoms. The maximum atomic E-state index is 13.7. The molecule has 0 aliphatic rings. The maximum Gasteiger partial charge on any atom is 0.309 e. The highest BCUT2D eigenvalue weighted by molar-refractivity contribution is 6.30. The standard InChI is InChI=1S/C31H27ClN2O4/c1-31(2,30(36)37)17-27-28(29(35)20-8-11-21(32)12-9-20)24-15-14-23(16-26(24)34(27)3)38-18-22-13-10-19-6-4-5-7-25(19)33-22/h4-16H,17-18H2,1-3H3,(H,36,37). The molecule has 0 atom stereocenters. The lowest BCUT2D eigenvalue weighted by molar-refractivity contribution is -0.146. The number of ether oxygens (including phenoxy) is 1. The summed E-state index contributed by atoms with van der Waals surface area (Å²) in [5.41, 5.74) is 3.04. The molecule has 1 N–H and O–H groups in total. The minimum Gasteiger partial charge on any atom is -0.487 e. The van der Waals surface area contributed by atoms with Crippen molar-refractivity contribution in [2.45, 2.75) is 26.9 Å². The van der Waals surface area contributed by atoms with Crippen LogP contribution in [0.3, 0.4) is 0 Å². The van der Waals surface area contributed by atoms with E-state index in [1.165, 1.54) is 0 Å². The topological polar surface area (TPSA) is 81.4 Å². The van der Waals surface area contributed by atoms with Gasteiger partial charge in [-0.1, -0.05) is 35.9 Å². The van der Waals surface area contributed by atoms with Gasteiger partial charge in [0, 0.05) is 46.6 Å². The Morgan fingerprint density at radius 2 is 1.74 bits per heavy atom. The predicted molar refractivity (Wildman–Crippen MR) is 149 cm³/mol. The number of fused-ring (bicyclic) bond motifs is 2. The van der Waals surface area contributed by atoms with Gasteiger partial charge in [-0.15, -0.1) is 0 Å². The van der Waals surface area contributed by atoms with E-state index in [0.717, 1.165) is 27.5 Å². The minimum absolute atomic E-state index is 0.180. The molecule has 5 rings (SSSR count). The smallest absolute Gasteiger partial charge is 0.309 e. The second-order valence-corrected chi connectivity index (χ2v) is 10.5. The Morgan fingerprint density at radius 3 is 2.47 bits per heavy atom. The summed E-state index contributed by atoms with van der Waals surface area (Å²) >= 11 is 6.04. The number of carboxylic acids is 1. The Bertz CT molecular complexity index is 1690. The quantitative estimate of drug-likeness (QED) is 0.224. The van der Waals surface area contributed by atoms with Crippen LogP contribution < -0.4 is 4.74 Å². The molecule has 2 aromatic heterocycles. The van der Waals surface area contributed by atoms with E-state index in [2.05, 4.69) is 4.98 Å². The van der Waals surface area contributed by atoms with Crippen LogP contribution in [0, 0.1) is 5.41 Å². The molecule has 0 radical (unpaired) electrons. The Morgan fingerprint density at radius 1 is 1.00 bits per heavy atom. The third kappa shape index (κ3) is 4.87. The van der Waals surface area contributed by atoms with Crippen molar-refractivity contribution >= 4 is 45.2 Å². The Balaban J connectivity index is 1.53. The highest BCUT2D eigenvalue weighted by Crippen LogP contribution is 2.35. The van der Waals surface area contributed by atoms with E-state index in [1.54, 1.807) is 38.1 Å². The van der Waals surface area contributed by atoms with E-state index in [0.29, 0.717) is 27.6 Å². The van der Waals surface area contributed by atoms with Crippen molar-refractivity contribution in [3.05, 3.63) is 106 Å². The molecule has 192 valence electrons. The average Bonchev–Trinajstić information content (AvgIpc) is 3.17. The number of carboxylic acid groups (broad SMARTS) is 1. The van der Waals surface area contributed by atoms with Crippen LogP contribution in [0.25, 0.3) is 21.8 Å². The van der Waals surface area contributed by atoms with Gasteiger partial charge in [0.15, 0.2) is 5.78 Å². The number of benzene rings is 3. The van der Waals surface area contributed by atoms with Gasteiger partial charge in [-0.25, -0.2) is 4.98 Å². The molecule has 0 aliphatic carbocycles. The summed E-state index contributed by atoms with van der Waals surface area (Å²) in [6.07, 6.45) is 0.180. The number of para-hydroxylation sites is 1. The van der Waals surface area contributed by atoms with Gasteiger partial charge in [-0.05, 0) is 62.4 Å². The van der Waals surface area contributed by atoms with E-state index in [-0.39, 0.29) is 18.8 Å². The van der Waals surface area contributed by atoms with Crippen molar-refractivity contribution < 1.29 is 19.4 Å². The van der Waals surface area contributed by atoms with Crippen LogP contribution in [0.15, 0.2) is 78.9 Å². The zero-order chi connectivity index (χ0) is 27.0. The lowest BCUT2D eigenvalue weighted by Crippen LogP contribution is -2.28. The second-order valence-electron chi connectivity index (χ2n) is 10.0. The molecule has 6 nitrogen and oxygen atoms in total. The fourth-order valence-corrected chi connectivity index (χ4v) is 4.73. The molecule has 7 heteroatoms. The number of hydrogen-bond donors (Lipinski definition) is 1. The summed E-state index contributed by atoms with van der Waals surface area (Å²) in [6, 6.07) is 24.2. The summed E-state index contributed by atoms with van der Waals surface area (Å²) in [5.74, 6) is -0.486. The predicted octanol–water partition coefficient (Wildman–Crippen LogP) is 6.84. The first-order chi connectivity index (χ1) is 18.1. The van der Waals surface area contributed by atoms with E-state index in [9.17, 15) is 14.7 Å². The van der Waals surface area contributed by atoms with Crippen molar-refractivity contribution in [1.29, 1.82) is 0 Å². The Kier molecular flexibility index (Phi) is 6.67. The third-order valence-electron chi connectivity index (χ3n) is 6.86. The van der Waals surface area contributed by atoms with Gasteiger partial charge in [0.25, 0.3) is 0 Å². The number of aliphatic carboxylic acids is 1. The van der Waals surface area contributed by atoms with Gasteiger partial charge >= 0.3 is 5.97 Å². The van der Waals surface area contributed by atoms with Gasteiger partial charge < -0.3 is 14.4 Å². The first kappa shape index (κ1) is 25.5. The molecule has 0 amide bonds. The van der Waals surface area contributed by atoms with Gasteiger partial charge in [-0.2, -0.15) is 0 Å². The van der Waals surface area contributed by atoms with Gasteiger partial charge in [-0.3, -0.25) is 9.59 Å². The number of halogens is 1. The lowest BCUT2D eigenvalue weighted by atomic mass is 9.85. The molecule has 5 aromatic rings. The number of carbonyl (C=O) groups excluding carboxylic acids is 1. The monoisotopic (exact) mass is 526 g/mol. The van der Waals surface area contributed by atoms with Crippen LogP contribution in [-0.2, 0) is 24.9 Å². The number of aryl methyl sites for hydroxylation is 1. The van der Waals surface area contributed by atoms with Crippen molar-refractivity contribution in [2.24, 2.45) is 12.5 Å². The SMILES string of the molecule is Cn1c(CC(C)(C)C(=O)O)c(C(=O)c2ccc(Cl)cc2)c2ccc(OCc3ccc4ccccc4n3)cc21.